The average molecular weight is 292 g/mol. The highest BCUT2D eigenvalue weighted by Crippen LogP contribution is 2.23. The first-order valence-corrected chi connectivity index (χ1v) is 7.79. The lowest BCUT2D eigenvalue weighted by atomic mass is 9.91. The van der Waals surface area contributed by atoms with E-state index in [9.17, 15) is 0 Å². The van der Waals surface area contributed by atoms with Crippen molar-refractivity contribution in [2.24, 2.45) is 5.41 Å². The fourth-order valence-electron chi connectivity index (χ4n) is 2.21. The Morgan fingerprint density at radius 1 is 1.09 bits per heavy atom. The minimum absolute atomic E-state index is 0.0380. The van der Waals surface area contributed by atoms with Crippen LogP contribution in [-0.2, 0) is 0 Å². The molecule has 0 aromatic heterocycles. The van der Waals surface area contributed by atoms with Gasteiger partial charge < -0.3 is 0 Å². The van der Waals surface area contributed by atoms with Crippen molar-refractivity contribution in [3.05, 3.63) is 95.7 Å². The van der Waals surface area contributed by atoms with Gasteiger partial charge in [0.05, 0.1) is 0 Å². The maximum atomic E-state index is 3.95. The van der Waals surface area contributed by atoms with E-state index >= 15 is 0 Å². The van der Waals surface area contributed by atoms with Crippen molar-refractivity contribution in [3.8, 4) is 0 Å². The van der Waals surface area contributed by atoms with Crippen molar-refractivity contribution in [3.63, 3.8) is 0 Å². The summed E-state index contributed by atoms with van der Waals surface area (Å²) in [7, 11) is 0. The summed E-state index contributed by atoms with van der Waals surface area (Å²) in [6.45, 7) is 14.7. The number of rotatable bonds is 3. The van der Waals surface area contributed by atoms with E-state index in [0.717, 1.165) is 5.57 Å². The van der Waals surface area contributed by atoms with Crippen LogP contribution in [0.2, 0.25) is 0 Å². The zero-order chi connectivity index (χ0) is 16.6. The van der Waals surface area contributed by atoms with Crippen LogP contribution in [0.4, 0.5) is 0 Å². The SMILES string of the molecule is C=CC(=C\C=C/C)/C1=C\C=C/C(C)(C)/C=C\C(C)=C/C(C)=C\1. The molecule has 0 spiro atoms. The molecule has 0 N–H and O–H groups in total. The normalized spacial score (nSPS) is 29.3. The first kappa shape index (κ1) is 18.0. The van der Waals surface area contributed by atoms with Crippen LogP contribution in [0.3, 0.4) is 0 Å². The molecule has 0 unspecified atom stereocenters. The Kier molecular flexibility index (Phi) is 6.85. The third-order valence-electron chi connectivity index (χ3n) is 3.44. The van der Waals surface area contributed by atoms with E-state index in [4.69, 9.17) is 0 Å². The van der Waals surface area contributed by atoms with E-state index in [1.54, 1.807) is 0 Å². The Bertz CT molecular complexity index is 608. The molecule has 1 rings (SSSR count). The lowest BCUT2D eigenvalue weighted by molar-refractivity contribution is 0.625. The van der Waals surface area contributed by atoms with Gasteiger partial charge in [0.25, 0.3) is 0 Å². The molecule has 0 radical (unpaired) electrons. The molecule has 0 fully saturated rings. The maximum Gasteiger partial charge on any atom is 0.00107 e. The van der Waals surface area contributed by atoms with Gasteiger partial charge in [-0.05, 0) is 31.9 Å². The highest BCUT2D eigenvalue weighted by molar-refractivity contribution is 5.51. The molecule has 116 valence electrons. The van der Waals surface area contributed by atoms with Crippen LogP contribution < -0.4 is 0 Å². The van der Waals surface area contributed by atoms with Gasteiger partial charge in [-0.25, -0.2) is 0 Å². The summed E-state index contributed by atoms with van der Waals surface area (Å²) in [5.41, 5.74) is 4.82. The van der Waals surface area contributed by atoms with Crippen molar-refractivity contribution in [2.75, 3.05) is 0 Å². The van der Waals surface area contributed by atoms with Crippen molar-refractivity contribution in [2.45, 2.75) is 34.6 Å². The van der Waals surface area contributed by atoms with E-state index < -0.39 is 0 Å². The van der Waals surface area contributed by atoms with Crippen molar-refractivity contribution in [1.82, 2.24) is 0 Å². The summed E-state index contributed by atoms with van der Waals surface area (Å²) in [5.74, 6) is 0. The van der Waals surface area contributed by atoms with Gasteiger partial charge in [0.2, 0.25) is 0 Å². The largest absolute Gasteiger partial charge is 0.0984 e. The highest BCUT2D eigenvalue weighted by atomic mass is 14.1. The molecule has 0 saturated heterocycles. The van der Waals surface area contributed by atoms with E-state index in [0.29, 0.717) is 0 Å². The number of hydrogen-bond donors (Lipinski definition) is 0. The van der Waals surface area contributed by atoms with Gasteiger partial charge in [0.15, 0.2) is 0 Å². The fraction of sp³-hybridized carbons (Fsp3) is 0.273. The first-order valence-electron chi connectivity index (χ1n) is 7.79. The molecule has 1 aliphatic carbocycles. The zero-order valence-electron chi connectivity index (χ0n) is 14.6. The Morgan fingerprint density at radius 3 is 2.45 bits per heavy atom. The molecule has 0 bridgehead atoms. The van der Waals surface area contributed by atoms with Crippen LogP contribution in [-0.4, -0.2) is 0 Å². The van der Waals surface area contributed by atoms with E-state index in [-0.39, 0.29) is 5.41 Å². The lowest BCUT2D eigenvalue weighted by Gasteiger charge is -2.14. The third-order valence-corrected chi connectivity index (χ3v) is 3.44. The van der Waals surface area contributed by atoms with Crippen molar-refractivity contribution in [1.29, 1.82) is 0 Å². The van der Waals surface area contributed by atoms with Crippen LogP contribution >= 0.6 is 0 Å². The third kappa shape index (κ3) is 6.13. The molecular formula is C22H28. The Labute approximate surface area is 136 Å². The van der Waals surface area contributed by atoms with Crippen LogP contribution in [0.5, 0.6) is 0 Å². The lowest BCUT2D eigenvalue weighted by Crippen LogP contribution is -2.01. The predicted molar refractivity (Wildman–Crippen MR) is 101 cm³/mol. The zero-order valence-corrected chi connectivity index (χ0v) is 14.6. The second-order valence-electron chi connectivity index (χ2n) is 6.26. The molecule has 0 aromatic rings. The number of allylic oxidation sites excluding steroid dienone is 15. The van der Waals surface area contributed by atoms with Gasteiger partial charge in [-0.1, -0.05) is 98.4 Å². The minimum atomic E-state index is 0.0380. The molecule has 0 saturated carbocycles. The van der Waals surface area contributed by atoms with Crippen molar-refractivity contribution >= 4 is 0 Å². The van der Waals surface area contributed by atoms with Crippen LogP contribution in [0.1, 0.15) is 34.6 Å². The molecule has 0 amide bonds. The molecule has 0 atom stereocenters. The first-order chi connectivity index (χ1) is 10.4. The van der Waals surface area contributed by atoms with Gasteiger partial charge in [-0.2, -0.15) is 0 Å². The molecule has 22 heavy (non-hydrogen) atoms. The second-order valence-corrected chi connectivity index (χ2v) is 6.26. The fourth-order valence-corrected chi connectivity index (χ4v) is 2.21. The van der Waals surface area contributed by atoms with E-state index in [1.807, 2.05) is 25.2 Å². The van der Waals surface area contributed by atoms with Gasteiger partial charge in [-0.15, -0.1) is 0 Å². The summed E-state index contributed by atoms with van der Waals surface area (Å²) in [5, 5.41) is 0. The maximum absolute atomic E-state index is 3.95. The molecular weight excluding hydrogens is 264 g/mol. The van der Waals surface area contributed by atoms with Gasteiger partial charge in [-0.3, -0.25) is 0 Å². The molecule has 0 aliphatic heterocycles. The van der Waals surface area contributed by atoms with Crippen LogP contribution in [0.25, 0.3) is 0 Å². The Hall–Kier alpha value is -2.08. The average Bonchev–Trinajstić information content (AvgIpc) is 2.46. The molecule has 0 nitrogen and oxygen atoms in total. The van der Waals surface area contributed by atoms with Gasteiger partial charge in [0.1, 0.15) is 0 Å². The molecule has 0 heterocycles. The van der Waals surface area contributed by atoms with Crippen LogP contribution in [0.15, 0.2) is 95.7 Å². The monoisotopic (exact) mass is 292 g/mol. The summed E-state index contributed by atoms with van der Waals surface area (Å²) in [6, 6.07) is 0. The van der Waals surface area contributed by atoms with Gasteiger partial charge >= 0.3 is 0 Å². The Balaban J connectivity index is 3.41. The summed E-state index contributed by atoms with van der Waals surface area (Å²) < 4.78 is 0. The second kappa shape index (κ2) is 8.38. The minimum Gasteiger partial charge on any atom is -0.0984 e. The molecule has 0 heteroatoms. The number of hydrogen-bond acceptors (Lipinski definition) is 0. The summed E-state index contributed by atoms with van der Waals surface area (Å²) in [6.07, 6.45) is 23.4. The highest BCUT2D eigenvalue weighted by Gasteiger charge is 2.08. The molecule has 1 aliphatic rings. The summed E-state index contributed by atoms with van der Waals surface area (Å²) in [4.78, 5) is 0. The summed E-state index contributed by atoms with van der Waals surface area (Å²) >= 11 is 0. The Morgan fingerprint density at radius 2 is 1.82 bits per heavy atom. The van der Waals surface area contributed by atoms with Crippen LogP contribution in [0, 0.1) is 5.41 Å². The van der Waals surface area contributed by atoms with E-state index in [1.165, 1.54) is 16.7 Å². The predicted octanol–water partition coefficient (Wildman–Crippen LogP) is 6.65. The standard InChI is InChI=1S/C22H28/c1-7-9-11-20(8-2)21-12-10-14-22(5,6)15-13-18(3)16-19(4)17-21/h7-17H,2H2,1,3-6H3/b9-7-,14-10-,15-13-,18-16-,19-17-,20-11+,21-12-. The van der Waals surface area contributed by atoms with Crippen molar-refractivity contribution < 1.29 is 0 Å². The topological polar surface area (TPSA) is 0 Å². The van der Waals surface area contributed by atoms with E-state index in [2.05, 4.69) is 82.9 Å². The van der Waals surface area contributed by atoms with Gasteiger partial charge in [0, 0.05) is 5.41 Å². The smallest absolute Gasteiger partial charge is 0.00107 e. The molecule has 0 aromatic carbocycles. The quantitative estimate of drug-likeness (QED) is 0.511.